The van der Waals surface area contributed by atoms with Crippen LogP contribution in [0.1, 0.15) is 42.9 Å². The van der Waals surface area contributed by atoms with Crippen LogP contribution in [0.5, 0.6) is 0 Å². The number of benzene rings is 1. The summed E-state index contributed by atoms with van der Waals surface area (Å²) in [6, 6.07) is 3.61. The zero-order chi connectivity index (χ0) is 14.5. The van der Waals surface area contributed by atoms with E-state index in [-0.39, 0.29) is 0 Å². The molecule has 4 nitrogen and oxygen atoms in total. The second kappa shape index (κ2) is 7.03. The molecule has 0 atom stereocenters. The monoisotopic (exact) mass is 284 g/mol. The van der Waals surface area contributed by atoms with Crippen LogP contribution in [-0.4, -0.2) is 15.0 Å². The summed E-state index contributed by atoms with van der Waals surface area (Å²) in [7, 11) is -3.43. The van der Waals surface area contributed by atoms with Gasteiger partial charge in [0.1, 0.15) is 0 Å². The SMILES string of the molecule is CCCCCNS(=O)(=O)c1cc(CN)cc(C)c1C. The normalized spacial score (nSPS) is 11.8. The number of aryl methyl sites for hydroxylation is 1. The summed E-state index contributed by atoms with van der Waals surface area (Å²) in [5.74, 6) is 0. The smallest absolute Gasteiger partial charge is 0.240 e. The molecule has 19 heavy (non-hydrogen) atoms. The standard InChI is InChI=1S/C14H24N2O2S/c1-4-5-6-7-16-19(17,18)14-9-13(10-15)8-11(2)12(14)3/h8-9,16H,4-7,10,15H2,1-3H3. The van der Waals surface area contributed by atoms with Gasteiger partial charge in [-0.05, 0) is 43.0 Å². The molecular weight excluding hydrogens is 260 g/mol. The molecule has 0 aliphatic carbocycles. The van der Waals surface area contributed by atoms with Gasteiger partial charge in [-0.3, -0.25) is 0 Å². The molecule has 0 amide bonds. The van der Waals surface area contributed by atoms with Crippen molar-refractivity contribution in [2.75, 3.05) is 6.54 Å². The Labute approximate surface area is 116 Å². The van der Waals surface area contributed by atoms with Crippen LogP contribution in [0, 0.1) is 13.8 Å². The molecular formula is C14H24N2O2S. The minimum atomic E-state index is -3.43. The predicted octanol–water partition coefficient (Wildman–Crippen LogP) is 2.23. The van der Waals surface area contributed by atoms with Crippen LogP contribution in [0.4, 0.5) is 0 Å². The molecule has 0 aliphatic heterocycles. The summed E-state index contributed by atoms with van der Waals surface area (Å²) in [6.45, 7) is 6.66. The topological polar surface area (TPSA) is 72.2 Å². The van der Waals surface area contributed by atoms with Crippen molar-refractivity contribution in [3.8, 4) is 0 Å². The van der Waals surface area contributed by atoms with E-state index in [9.17, 15) is 8.42 Å². The summed E-state index contributed by atoms with van der Waals surface area (Å²) in [6.07, 6.45) is 2.97. The molecule has 0 saturated carbocycles. The average Bonchev–Trinajstić information content (AvgIpc) is 2.37. The van der Waals surface area contributed by atoms with Gasteiger partial charge in [-0.2, -0.15) is 0 Å². The summed E-state index contributed by atoms with van der Waals surface area (Å²) in [5, 5.41) is 0. The highest BCUT2D eigenvalue weighted by Gasteiger charge is 2.18. The molecule has 5 heteroatoms. The lowest BCUT2D eigenvalue weighted by Crippen LogP contribution is -2.26. The molecule has 108 valence electrons. The Morgan fingerprint density at radius 3 is 2.47 bits per heavy atom. The number of unbranched alkanes of at least 4 members (excludes halogenated alkanes) is 2. The molecule has 0 unspecified atom stereocenters. The fraction of sp³-hybridized carbons (Fsp3) is 0.571. The van der Waals surface area contributed by atoms with E-state index in [1.54, 1.807) is 6.07 Å². The van der Waals surface area contributed by atoms with Crippen LogP contribution in [0.25, 0.3) is 0 Å². The first-order valence-corrected chi connectivity index (χ1v) is 8.20. The van der Waals surface area contributed by atoms with E-state index in [4.69, 9.17) is 5.73 Å². The third kappa shape index (κ3) is 4.30. The maximum atomic E-state index is 12.3. The van der Waals surface area contributed by atoms with Gasteiger partial charge in [0.15, 0.2) is 0 Å². The van der Waals surface area contributed by atoms with Crippen molar-refractivity contribution in [1.82, 2.24) is 4.72 Å². The van der Waals surface area contributed by atoms with Crippen molar-refractivity contribution in [3.05, 3.63) is 28.8 Å². The number of rotatable bonds is 7. The zero-order valence-electron chi connectivity index (χ0n) is 12.0. The van der Waals surface area contributed by atoms with Crippen molar-refractivity contribution < 1.29 is 8.42 Å². The first-order valence-electron chi connectivity index (χ1n) is 6.72. The van der Waals surface area contributed by atoms with Gasteiger partial charge in [-0.1, -0.05) is 25.8 Å². The number of hydrogen-bond acceptors (Lipinski definition) is 3. The van der Waals surface area contributed by atoms with E-state index in [2.05, 4.69) is 11.6 Å². The minimum Gasteiger partial charge on any atom is -0.326 e. The molecule has 0 heterocycles. The van der Waals surface area contributed by atoms with Gasteiger partial charge in [-0.25, -0.2) is 13.1 Å². The predicted molar refractivity (Wildman–Crippen MR) is 78.5 cm³/mol. The molecule has 0 aliphatic rings. The van der Waals surface area contributed by atoms with Crippen molar-refractivity contribution in [2.45, 2.75) is 51.5 Å². The van der Waals surface area contributed by atoms with E-state index in [1.165, 1.54) is 0 Å². The largest absolute Gasteiger partial charge is 0.326 e. The highest BCUT2D eigenvalue weighted by Crippen LogP contribution is 2.20. The lowest BCUT2D eigenvalue weighted by Gasteiger charge is -2.13. The molecule has 3 N–H and O–H groups in total. The van der Waals surface area contributed by atoms with Crippen LogP contribution >= 0.6 is 0 Å². The molecule has 0 saturated heterocycles. The van der Waals surface area contributed by atoms with Gasteiger partial charge >= 0.3 is 0 Å². The summed E-state index contributed by atoms with van der Waals surface area (Å²) in [5.41, 5.74) is 8.20. The van der Waals surface area contributed by atoms with E-state index in [1.807, 2.05) is 19.9 Å². The third-order valence-electron chi connectivity index (χ3n) is 3.28. The van der Waals surface area contributed by atoms with Gasteiger partial charge in [-0.15, -0.1) is 0 Å². The lowest BCUT2D eigenvalue weighted by molar-refractivity contribution is 0.575. The first kappa shape index (κ1) is 16.1. The average molecular weight is 284 g/mol. The van der Waals surface area contributed by atoms with Crippen LogP contribution in [0.15, 0.2) is 17.0 Å². The summed E-state index contributed by atoms with van der Waals surface area (Å²) in [4.78, 5) is 0.351. The van der Waals surface area contributed by atoms with Crippen LogP contribution in [-0.2, 0) is 16.6 Å². The molecule has 0 fully saturated rings. The van der Waals surface area contributed by atoms with Gasteiger partial charge in [0.25, 0.3) is 0 Å². The van der Waals surface area contributed by atoms with Crippen molar-refractivity contribution in [1.29, 1.82) is 0 Å². The molecule has 0 aromatic heterocycles. The second-order valence-corrected chi connectivity index (χ2v) is 6.58. The number of sulfonamides is 1. The Morgan fingerprint density at radius 1 is 1.21 bits per heavy atom. The van der Waals surface area contributed by atoms with Crippen molar-refractivity contribution in [3.63, 3.8) is 0 Å². The van der Waals surface area contributed by atoms with Crippen LogP contribution in [0.3, 0.4) is 0 Å². The summed E-state index contributed by atoms with van der Waals surface area (Å²) >= 11 is 0. The van der Waals surface area contributed by atoms with Crippen molar-refractivity contribution >= 4 is 10.0 Å². The highest BCUT2D eigenvalue weighted by atomic mass is 32.2. The van der Waals surface area contributed by atoms with E-state index in [0.29, 0.717) is 18.0 Å². The molecule has 1 rings (SSSR count). The van der Waals surface area contributed by atoms with Gasteiger partial charge < -0.3 is 5.73 Å². The Hall–Kier alpha value is -0.910. The number of nitrogens with one attached hydrogen (secondary N) is 1. The quantitative estimate of drug-likeness (QED) is 0.754. The third-order valence-corrected chi connectivity index (χ3v) is 4.86. The second-order valence-electron chi connectivity index (χ2n) is 4.84. The molecule has 1 aromatic carbocycles. The zero-order valence-corrected chi connectivity index (χ0v) is 12.8. The minimum absolute atomic E-state index is 0.347. The fourth-order valence-corrected chi connectivity index (χ4v) is 3.39. The first-order chi connectivity index (χ1) is 8.92. The molecule has 0 radical (unpaired) electrons. The van der Waals surface area contributed by atoms with Gasteiger partial charge in [0.2, 0.25) is 10.0 Å². The molecule has 0 spiro atoms. The Balaban J connectivity index is 2.97. The van der Waals surface area contributed by atoms with Gasteiger partial charge in [0, 0.05) is 13.1 Å². The lowest BCUT2D eigenvalue weighted by atomic mass is 10.1. The van der Waals surface area contributed by atoms with E-state index < -0.39 is 10.0 Å². The van der Waals surface area contributed by atoms with E-state index >= 15 is 0 Å². The Kier molecular flexibility index (Phi) is 5.97. The van der Waals surface area contributed by atoms with Crippen LogP contribution < -0.4 is 10.5 Å². The summed E-state index contributed by atoms with van der Waals surface area (Å²) < 4.78 is 27.2. The number of hydrogen-bond donors (Lipinski definition) is 2. The molecule has 0 bridgehead atoms. The van der Waals surface area contributed by atoms with E-state index in [0.717, 1.165) is 36.0 Å². The van der Waals surface area contributed by atoms with Crippen LogP contribution in [0.2, 0.25) is 0 Å². The van der Waals surface area contributed by atoms with Gasteiger partial charge in [0.05, 0.1) is 4.90 Å². The highest BCUT2D eigenvalue weighted by molar-refractivity contribution is 7.89. The number of nitrogens with two attached hydrogens (primary N) is 1. The van der Waals surface area contributed by atoms with Crippen molar-refractivity contribution in [2.24, 2.45) is 5.73 Å². The Bertz CT molecular complexity index is 524. The Morgan fingerprint density at radius 2 is 1.89 bits per heavy atom. The maximum Gasteiger partial charge on any atom is 0.240 e. The molecule has 1 aromatic rings. The maximum absolute atomic E-state index is 12.3. The fourth-order valence-electron chi connectivity index (χ4n) is 1.96.